The van der Waals surface area contributed by atoms with Gasteiger partial charge in [0, 0.05) is 31.2 Å². The second-order valence-electron chi connectivity index (χ2n) is 5.59. The highest BCUT2D eigenvalue weighted by Crippen LogP contribution is 2.33. The van der Waals surface area contributed by atoms with Crippen molar-refractivity contribution in [3.8, 4) is 0 Å². The minimum atomic E-state index is 0.459. The Bertz CT molecular complexity index is 205. The molecule has 0 aromatic heterocycles. The summed E-state index contributed by atoms with van der Waals surface area (Å²) in [4.78, 5) is 2.86. The van der Waals surface area contributed by atoms with Gasteiger partial charge in [-0.1, -0.05) is 33.1 Å². The Labute approximate surface area is 101 Å². The van der Waals surface area contributed by atoms with E-state index in [4.69, 9.17) is 0 Å². The first-order valence-corrected chi connectivity index (χ1v) is 7.30. The molecule has 2 heteroatoms. The van der Waals surface area contributed by atoms with Gasteiger partial charge in [-0.3, -0.25) is 4.90 Å². The number of hydrogen-bond acceptors (Lipinski definition) is 2. The Morgan fingerprint density at radius 3 is 2.44 bits per heavy atom. The van der Waals surface area contributed by atoms with Gasteiger partial charge in [-0.05, 0) is 25.7 Å². The number of piperazine rings is 1. The topological polar surface area (TPSA) is 15.3 Å². The van der Waals surface area contributed by atoms with Gasteiger partial charge in [-0.25, -0.2) is 0 Å². The van der Waals surface area contributed by atoms with E-state index in [0.717, 1.165) is 6.04 Å². The Hall–Kier alpha value is -0.0800. The molecule has 2 aliphatic rings. The van der Waals surface area contributed by atoms with Crippen molar-refractivity contribution < 1.29 is 0 Å². The number of rotatable bonds is 3. The van der Waals surface area contributed by atoms with Crippen LogP contribution in [0.1, 0.15) is 58.8 Å². The van der Waals surface area contributed by atoms with E-state index in [-0.39, 0.29) is 0 Å². The quantitative estimate of drug-likeness (QED) is 0.793. The van der Waals surface area contributed by atoms with Gasteiger partial charge in [0.15, 0.2) is 0 Å². The summed E-state index contributed by atoms with van der Waals surface area (Å²) in [5, 5.41) is 3.60. The average molecular weight is 224 g/mol. The summed E-state index contributed by atoms with van der Waals surface area (Å²) in [5.74, 6) is 0. The normalized spacial score (nSPS) is 28.1. The molecule has 1 saturated carbocycles. The van der Waals surface area contributed by atoms with E-state index in [1.807, 2.05) is 0 Å². The molecule has 1 saturated heterocycles. The van der Waals surface area contributed by atoms with Crippen molar-refractivity contribution >= 4 is 0 Å². The van der Waals surface area contributed by atoms with Crippen LogP contribution in [0.4, 0.5) is 0 Å². The molecule has 0 aromatic rings. The van der Waals surface area contributed by atoms with E-state index in [1.54, 1.807) is 0 Å². The van der Waals surface area contributed by atoms with Crippen LogP contribution < -0.4 is 5.32 Å². The molecular formula is C14H28N2. The fourth-order valence-corrected chi connectivity index (χ4v) is 3.73. The number of hydrogen-bond donors (Lipinski definition) is 1. The zero-order valence-corrected chi connectivity index (χ0v) is 11.1. The van der Waals surface area contributed by atoms with Gasteiger partial charge in [0.25, 0.3) is 0 Å². The first-order valence-electron chi connectivity index (χ1n) is 7.30. The lowest BCUT2D eigenvalue weighted by Gasteiger charge is -2.51. The van der Waals surface area contributed by atoms with Crippen molar-refractivity contribution in [3.05, 3.63) is 0 Å². The highest BCUT2D eigenvalue weighted by molar-refractivity contribution is 4.97. The van der Waals surface area contributed by atoms with Crippen molar-refractivity contribution in [2.45, 2.75) is 70.4 Å². The third kappa shape index (κ3) is 2.28. The van der Waals surface area contributed by atoms with Gasteiger partial charge in [0.1, 0.15) is 0 Å². The molecule has 2 rings (SSSR count). The standard InChI is InChI=1S/C14H28N2/c1-3-14(4-2)12-15-10-11-16(14)13-8-6-5-7-9-13/h13,15H,3-12H2,1-2H3. The number of nitrogens with zero attached hydrogens (tertiary/aromatic N) is 1. The van der Waals surface area contributed by atoms with Gasteiger partial charge in [0.05, 0.1) is 0 Å². The first kappa shape index (κ1) is 12.4. The van der Waals surface area contributed by atoms with Gasteiger partial charge < -0.3 is 5.32 Å². The smallest absolute Gasteiger partial charge is 0.0332 e. The lowest BCUT2D eigenvalue weighted by atomic mass is 9.83. The molecule has 1 heterocycles. The summed E-state index contributed by atoms with van der Waals surface area (Å²) < 4.78 is 0. The predicted molar refractivity (Wildman–Crippen MR) is 69.8 cm³/mol. The maximum Gasteiger partial charge on any atom is 0.0332 e. The molecule has 2 nitrogen and oxygen atoms in total. The van der Waals surface area contributed by atoms with Crippen LogP contribution in [0.3, 0.4) is 0 Å². The molecule has 2 fully saturated rings. The summed E-state index contributed by atoms with van der Waals surface area (Å²) in [7, 11) is 0. The van der Waals surface area contributed by atoms with E-state index in [0.29, 0.717) is 5.54 Å². The molecular weight excluding hydrogens is 196 g/mol. The van der Waals surface area contributed by atoms with Crippen LogP contribution >= 0.6 is 0 Å². The van der Waals surface area contributed by atoms with Gasteiger partial charge in [0.2, 0.25) is 0 Å². The molecule has 0 unspecified atom stereocenters. The monoisotopic (exact) mass is 224 g/mol. The highest BCUT2D eigenvalue weighted by atomic mass is 15.3. The predicted octanol–water partition coefficient (Wildman–Crippen LogP) is 2.78. The lowest BCUT2D eigenvalue weighted by molar-refractivity contribution is -0.000593. The van der Waals surface area contributed by atoms with Gasteiger partial charge >= 0.3 is 0 Å². The van der Waals surface area contributed by atoms with Crippen LogP contribution in [-0.4, -0.2) is 36.1 Å². The van der Waals surface area contributed by atoms with E-state index < -0.39 is 0 Å². The highest BCUT2D eigenvalue weighted by Gasteiger charge is 2.39. The van der Waals surface area contributed by atoms with Crippen LogP contribution in [0.25, 0.3) is 0 Å². The number of nitrogens with one attached hydrogen (secondary N) is 1. The summed E-state index contributed by atoms with van der Waals surface area (Å²) in [6.45, 7) is 8.40. The molecule has 1 aliphatic carbocycles. The zero-order valence-electron chi connectivity index (χ0n) is 11.1. The molecule has 0 aromatic carbocycles. The molecule has 0 radical (unpaired) electrons. The van der Waals surface area contributed by atoms with Crippen LogP contribution in [0.2, 0.25) is 0 Å². The first-order chi connectivity index (χ1) is 7.82. The fraction of sp³-hybridized carbons (Fsp3) is 1.00. The van der Waals surface area contributed by atoms with Gasteiger partial charge in [-0.15, -0.1) is 0 Å². The van der Waals surface area contributed by atoms with Crippen LogP contribution in [-0.2, 0) is 0 Å². The van der Waals surface area contributed by atoms with Gasteiger partial charge in [-0.2, -0.15) is 0 Å². The molecule has 0 bridgehead atoms. The molecule has 0 atom stereocenters. The third-order valence-corrected chi connectivity index (χ3v) is 4.92. The fourth-order valence-electron chi connectivity index (χ4n) is 3.73. The molecule has 94 valence electrons. The summed E-state index contributed by atoms with van der Waals surface area (Å²) >= 11 is 0. The van der Waals surface area contributed by atoms with Crippen LogP contribution in [0.5, 0.6) is 0 Å². The zero-order chi connectivity index (χ0) is 11.4. The second-order valence-corrected chi connectivity index (χ2v) is 5.59. The molecule has 0 amide bonds. The Kier molecular flexibility index (Phi) is 4.26. The Balaban J connectivity index is 2.08. The molecule has 1 aliphatic heterocycles. The summed E-state index contributed by atoms with van der Waals surface area (Å²) in [5.41, 5.74) is 0.459. The van der Waals surface area contributed by atoms with Crippen LogP contribution in [0.15, 0.2) is 0 Å². The Morgan fingerprint density at radius 1 is 1.12 bits per heavy atom. The minimum Gasteiger partial charge on any atom is -0.314 e. The third-order valence-electron chi connectivity index (χ3n) is 4.92. The van der Waals surface area contributed by atoms with Crippen molar-refractivity contribution in [3.63, 3.8) is 0 Å². The summed E-state index contributed by atoms with van der Waals surface area (Å²) in [6, 6.07) is 0.885. The van der Waals surface area contributed by atoms with E-state index >= 15 is 0 Å². The molecule has 1 N–H and O–H groups in total. The Morgan fingerprint density at radius 2 is 1.81 bits per heavy atom. The lowest BCUT2D eigenvalue weighted by Crippen LogP contribution is -2.63. The summed E-state index contributed by atoms with van der Waals surface area (Å²) in [6.07, 6.45) is 9.87. The van der Waals surface area contributed by atoms with Crippen molar-refractivity contribution in [2.24, 2.45) is 0 Å². The maximum atomic E-state index is 3.60. The SMILES string of the molecule is CCC1(CC)CNCCN1C1CCCCC1. The van der Waals surface area contributed by atoms with E-state index in [2.05, 4.69) is 24.1 Å². The van der Waals surface area contributed by atoms with Crippen molar-refractivity contribution in [1.82, 2.24) is 10.2 Å². The molecule has 0 spiro atoms. The van der Waals surface area contributed by atoms with E-state index in [9.17, 15) is 0 Å². The minimum absolute atomic E-state index is 0.459. The van der Waals surface area contributed by atoms with Crippen LogP contribution in [0, 0.1) is 0 Å². The van der Waals surface area contributed by atoms with Crippen molar-refractivity contribution in [2.75, 3.05) is 19.6 Å². The largest absolute Gasteiger partial charge is 0.314 e. The average Bonchev–Trinajstić information content (AvgIpc) is 2.39. The van der Waals surface area contributed by atoms with E-state index in [1.165, 1.54) is 64.6 Å². The second kappa shape index (κ2) is 5.50. The maximum absolute atomic E-state index is 3.60. The molecule has 16 heavy (non-hydrogen) atoms. The van der Waals surface area contributed by atoms with Crippen molar-refractivity contribution in [1.29, 1.82) is 0 Å².